The van der Waals surface area contributed by atoms with Crippen molar-refractivity contribution in [2.45, 2.75) is 39.3 Å². The Morgan fingerprint density at radius 2 is 1.79 bits per heavy atom. The van der Waals surface area contributed by atoms with Crippen molar-refractivity contribution in [2.75, 3.05) is 19.5 Å². The smallest absolute Gasteiger partial charge is 0.310 e. The van der Waals surface area contributed by atoms with Gasteiger partial charge >= 0.3 is 5.97 Å². The number of aromatic nitrogens is 4. The van der Waals surface area contributed by atoms with Crippen molar-refractivity contribution >= 4 is 23.5 Å². The van der Waals surface area contributed by atoms with Gasteiger partial charge in [0.2, 0.25) is 5.16 Å². The summed E-state index contributed by atoms with van der Waals surface area (Å²) in [6.45, 7) is 8.32. The number of carbonyl (C=O) groups is 1. The standard InChI is InChI=1S/C20H24N4O3S/c1-12-8-13(2)10-16(9-12)26-6-7-27-18(25)11-17-14(3)21-19-22-20(28-5)23-24(19)15(17)4/h8-10H,6-7,11H2,1-5H3. The molecule has 0 unspecified atom stereocenters. The summed E-state index contributed by atoms with van der Waals surface area (Å²) in [5.41, 5.74) is 4.69. The molecule has 0 aliphatic rings. The number of nitrogens with zero attached hydrogens (tertiary/aromatic N) is 4. The predicted octanol–water partition coefficient (Wildman–Crippen LogP) is 3.24. The molecule has 0 radical (unpaired) electrons. The van der Waals surface area contributed by atoms with E-state index in [1.54, 1.807) is 4.52 Å². The molecule has 28 heavy (non-hydrogen) atoms. The first kappa shape index (κ1) is 20.1. The Kier molecular flexibility index (Phi) is 6.18. The van der Waals surface area contributed by atoms with E-state index in [1.165, 1.54) is 11.8 Å². The predicted molar refractivity (Wildman–Crippen MR) is 108 cm³/mol. The van der Waals surface area contributed by atoms with Gasteiger partial charge in [-0.15, -0.1) is 5.10 Å². The Labute approximate surface area is 168 Å². The fourth-order valence-corrected chi connectivity index (χ4v) is 3.40. The van der Waals surface area contributed by atoms with Gasteiger partial charge in [0.15, 0.2) is 0 Å². The molecule has 0 fully saturated rings. The van der Waals surface area contributed by atoms with Crippen molar-refractivity contribution in [1.29, 1.82) is 0 Å². The fourth-order valence-electron chi connectivity index (χ4n) is 3.06. The normalized spacial score (nSPS) is 11.0. The van der Waals surface area contributed by atoms with Gasteiger partial charge in [0.1, 0.15) is 19.0 Å². The number of thioether (sulfide) groups is 1. The molecule has 0 bridgehead atoms. The Morgan fingerprint density at radius 3 is 2.46 bits per heavy atom. The maximum Gasteiger partial charge on any atom is 0.310 e. The number of hydrogen-bond acceptors (Lipinski definition) is 7. The van der Waals surface area contributed by atoms with Gasteiger partial charge in [0.25, 0.3) is 5.78 Å². The van der Waals surface area contributed by atoms with E-state index in [2.05, 4.69) is 21.1 Å². The summed E-state index contributed by atoms with van der Waals surface area (Å²) in [4.78, 5) is 21.1. The second-order valence-electron chi connectivity index (χ2n) is 6.64. The molecule has 3 rings (SSSR count). The second-order valence-corrected chi connectivity index (χ2v) is 7.41. The third-order valence-electron chi connectivity index (χ3n) is 4.34. The lowest BCUT2D eigenvalue weighted by Gasteiger charge is -2.11. The van der Waals surface area contributed by atoms with Gasteiger partial charge in [-0.2, -0.15) is 4.98 Å². The van der Waals surface area contributed by atoms with Gasteiger partial charge in [-0.3, -0.25) is 4.79 Å². The third-order valence-corrected chi connectivity index (χ3v) is 4.88. The van der Waals surface area contributed by atoms with Crippen molar-refractivity contribution in [3.8, 4) is 5.75 Å². The Balaban J connectivity index is 1.58. The quantitative estimate of drug-likeness (QED) is 0.342. The number of rotatable bonds is 7. The van der Waals surface area contributed by atoms with E-state index in [4.69, 9.17) is 9.47 Å². The molecule has 7 nitrogen and oxygen atoms in total. The maximum atomic E-state index is 12.3. The van der Waals surface area contributed by atoms with Crippen molar-refractivity contribution in [2.24, 2.45) is 0 Å². The summed E-state index contributed by atoms with van der Waals surface area (Å²) < 4.78 is 12.7. The molecule has 2 aromatic heterocycles. The summed E-state index contributed by atoms with van der Waals surface area (Å²) in [6.07, 6.45) is 2.05. The van der Waals surface area contributed by atoms with Gasteiger partial charge < -0.3 is 9.47 Å². The van der Waals surface area contributed by atoms with E-state index in [0.29, 0.717) is 17.5 Å². The lowest BCUT2D eigenvalue weighted by atomic mass is 10.1. The average molecular weight is 401 g/mol. The minimum atomic E-state index is -0.318. The van der Waals surface area contributed by atoms with Crippen LogP contribution in [0.15, 0.2) is 23.4 Å². The fraction of sp³-hybridized carbons (Fsp3) is 0.400. The zero-order valence-electron chi connectivity index (χ0n) is 16.8. The maximum absolute atomic E-state index is 12.3. The summed E-state index contributed by atoms with van der Waals surface area (Å²) in [7, 11) is 0. The highest BCUT2D eigenvalue weighted by Crippen LogP contribution is 2.18. The zero-order chi connectivity index (χ0) is 20.3. The molecule has 1 aromatic carbocycles. The molecule has 0 saturated carbocycles. The van der Waals surface area contributed by atoms with Gasteiger partial charge in [-0.1, -0.05) is 17.8 Å². The summed E-state index contributed by atoms with van der Waals surface area (Å²) >= 11 is 1.45. The van der Waals surface area contributed by atoms with Crippen LogP contribution in [0.4, 0.5) is 0 Å². The molecule has 0 saturated heterocycles. The van der Waals surface area contributed by atoms with Crippen LogP contribution in [0.1, 0.15) is 28.1 Å². The van der Waals surface area contributed by atoms with Crippen molar-refractivity contribution in [1.82, 2.24) is 19.6 Å². The van der Waals surface area contributed by atoms with Crippen LogP contribution in [0.5, 0.6) is 5.75 Å². The number of fused-ring (bicyclic) bond motifs is 1. The largest absolute Gasteiger partial charge is 0.490 e. The minimum Gasteiger partial charge on any atom is -0.490 e. The first-order valence-corrected chi connectivity index (χ1v) is 10.2. The summed E-state index contributed by atoms with van der Waals surface area (Å²) in [6, 6.07) is 6.01. The van der Waals surface area contributed by atoms with Crippen LogP contribution in [0, 0.1) is 27.7 Å². The number of benzene rings is 1. The van der Waals surface area contributed by atoms with Gasteiger partial charge in [-0.05, 0) is 57.2 Å². The van der Waals surface area contributed by atoms with Crippen molar-refractivity contribution < 1.29 is 14.3 Å². The highest BCUT2D eigenvalue weighted by Gasteiger charge is 2.16. The average Bonchev–Trinajstić information content (AvgIpc) is 3.05. The van der Waals surface area contributed by atoms with Crippen molar-refractivity contribution in [3.63, 3.8) is 0 Å². The number of aryl methyl sites for hydroxylation is 4. The third kappa shape index (κ3) is 4.62. The molecule has 0 atom stereocenters. The molecule has 8 heteroatoms. The topological polar surface area (TPSA) is 78.6 Å². The van der Waals surface area contributed by atoms with Crippen LogP contribution in [-0.2, 0) is 16.0 Å². The van der Waals surface area contributed by atoms with Crippen LogP contribution in [0.3, 0.4) is 0 Å². The molecule has 0 aliphatic heterocycles. The van der Waals surface area contributed by atoms with E-state index in [0.717, 1.165) is 33.8 Å². The highest BCUT2D eigenvalue weighted by molar-refractivity contribution is 7.98. The van der Waals surface area contributed by atoms with Gasteiger partial charge in [-0.25, -0.2) is 9.50 Å². The molecule has 0 amide bonds. The van der Waals surface area contributed by atoms with Crippen LogP contribution in [0.25, 0.3) is 5.78 Å². The Hall–Kier alpha value is -2.61. The second kappa shape index (κ2) is 8.60. The van der Waals surface area contributed by atoms with E-state index in [-0.39, 0.29) is 19.0 Å². The molecule has 3 aromatic rings. The van der Waals surface area contributed by atoms with Crippen LogP contribution in [-0.4, -0.2) is 45.0 Å². The first-order chi connectivity index (χ1) is 13.4. The highest BCUT2D eigenvalue weighted by atomic mass is 32.2. The lowest BCUT2D eigenvalue weighted by Crippen LogP contribution is -2.16. The lowest BCUT2D eigenvalue weighted by molar-refractivity contribution is -0.143. The molecular weight excluding hydrogens is 376 g/mol. The molecular formula is C20H24N4O3S. The van der Waals surface area contributed by atoms with Crippen LogP contribution in [0.2, 0.25) is 0 Å². The number of esters is 1. The van der Waals surface area contributed by atoms with E-state index >= 15 is 0 Å². The minimum absolute atomic E-state index is 0.138. The number of hydrogen-bond donors (Lipinski definition) is 0. The summed E-state index contributed by atoms with van der Waals surface area (Å²) in [5, 5.41) is 5.05. The molecule has 0 spiro atoms. The van der Waals surface area contributed by atoms with Gasteiger partial charge in [0, 0.05) is 17.0 Å². The molecule has 0 N–H and O–H groups in total. The van der Waals surface area contributed by atoms with E-state index in [9.17, 15) is 4.79 Å². The SMILES string of the molecule is CSc1nc2nc(C)c(CC(=O)OCCOc3cc(C)cc(C)c3)c(C)n2n1. The zero-order valence-corrected chi connectivity index (χ0v) is 17.6. The van der Waals surface area contributed by atoms with E-state index < -0.39 is 0 Å². The Morgan fingerprint density at radius 1 is 1.07 bits per heavy atom. The van der Waals surface area contributed by atoms with E-state index in [1.807, 2.05) is 46.1 Å². The monoisotopic (exact) mass is 400 g/mol. The molecule has 2 heterocycles. The summed E-state index contributed by atoms with van der Waals surface area (Å²) in [5.74, 6) is 1.01. The molecule has 148 valence electrons. The molecule has 0 aliphatic carbocycles. The number of carbonyl (C=O) groups excluding carboxylic acids is 1. The number of ether oxygens (including phenoxy) is 2. The van der Waals surface area contributed by atoms with Gasteiger partial charge in [0.05, 0.1) is 6.42 Å². The first-order valence-electron chi connectivity index (χ1n) is 9.01. The van der Waals surface area contributed by atoms with Crippen LogP contribution >= 0.6 is 11.8 Å². The van der Waals surface area contributed by atoms with Crippen molar-refractivity contribution in [3.05, 3.63) is 46.3 Å². The Bertz CT molecular complexity index is 996. The van der Waals surface area contributed by atoms with Crippen LogP contribution < -0.4 is 4.74 Å².